The normalized spacial score (nSPS) is 10.1. The van der Waals surface area contributed by atoms with Gasteiger partial charge in [0, 0.05) is 12.5 Å². The lowest BCUT2D eigenvalue weighted by atomic mass is 10.1. The topological polar surface area (TPSA) is 41.1 Å². The second-order valence-corrected chi connectivity index (χ2v) is 4.57. The lowest BCUT2D eigenvalue weighted by Crippen LogP contribution is -2.42. The number of rotatable bonds is 4. The van der Waals surface area contributed by atoms with Crippen molar-refractivity contribution in [3.05, 3.63) is 35.9 Å². The van der Waals surface area contributed by atoms with Crippen molar-refractivity contribution in [2.45, 2.75) is 32.7 Å². The fourth-order valence-electron chi connectivity index (χ4n) is 1.39. The Bertz CT molecular complexity index is 376. The van der Waals surface area contributed by atoms with Crippen molar-refractivity contribution >= 4 is 23.2 Å². The summed E-state index contributed by atoms with van der Waals surface area (Å²) < 4.78 is 0. The van der Waals surface area contributed by atoms with Gasteiger partial charge in [-0.15, -0.1) is 0 Å². The minimum absolute atomic E-state index is 0.0491. The molecule has 0 saturated heterocycles. The number of nitrogens with one attached hydrogen (secondary N) is 2. The van der Waals surface area contributed by atoms with Gasteiger partial charge in [0.05, 0.1) is 0 Å². The fraction of sp³-hybridized carbons (Fsp3) is 0.385. The van der Waals surface area contributed by atoms with Crippen molar-refractivity contribution in [2.75, 3.05) is 0 Å². The predicted octanol–water partition coefficient (Wildman–Crippen LogP) is 2.02. The summed E-state index contributed by atoms with van der Waals surface area (Å²) in [5, 5.41) is 6.04. The van der Waals surface area contributed by atoms with Crippen LogP contribution in [-0.2, 0) is 11.2 Å². The van der Waals surface area contributed by atoms with Gasteiger partial charge in [0.15, 0.2) is 5.11 Å². The van der Waals surface area contributed by atoms with Gasteiger partial charge in [0.2, 0.25) is 5.91 Å². The number of carbonyl (C=O) groups is 1. The fourth-order valence-corrected chi connectivity index (χ4v) is 1.74. The van der Waals surface area contributed by atoms with E-state index in [9.17, 15) is 4.79 Å². The average Bonchev–Trinajstić information content (AvgIpc) is 2.26. The average molecular weight is 250 g/mol. The second kappa shape index (κ2) is 7.01. The van der Waals surface area contributed by atoms with Crippen molar-refractivity contribution in [1.82, 2.24) is 10.6 Å². The highest BCUT2D eigenvalue weighted by Gasteiger charge is 2.05. The summed E-state index contributed by atoms with van der Waals surface area (Å²) in [6.07, 6.45) is 1.18. The van der Waals surface area contributed by atoms with E-state index in [2.05, 4.69) is 10.6 Å². The Kier molecular flexibility index (Phi) is 5.63. The van der Waals surface area contributed by atoms with Crippen LogP contribution in [-0.4, -0.2) is 17.1 Å². The van der Waals surface area contributed by atoms with E-state index in [1.54, 1.807) is 0 Å². The Labute approximate surface area is 108 Å². The van der Waals surface area contributed by atoms with Crippen LogP contribution in [0.25, 0.3) is 0 Å². The van der Waals surface area contributed by atoms with Crippen LogP contribution in [0.4, 0.5) is 0 Å². The number of amides is 1. The van der Waals surface area contributed by atoms with Gasteiger partial charge >= 0.3 is 0 Å². The van der Waals surface area contributed by atoms with E-state index in [1.807, 2.05) is 44.2 Å². The van der Waals surface area contributed by atoms with Crippen LogP contribution in [0.2, 0.25) is 0 Å². The minimum Gasteiger partial charge on any atom is -0.360 e. The van der Waals surface area contributed by atoms with E-state index in [1.165, 1.54) is 0 Å². The van der Waals surface area contributed by atoms with E-state index in [-0.39, 0.29) is 11.9 Å². The highest BCUT2D eigenvalue weighted by atomic mass is 32.1. The number of hydrogen-bond donors (Lipinski definition) is 2. The van der Waals surface area contributed by atoms with Gasteiger partial charge in [-0.1, -0.05) is 30.3 Å². The molecule has 2 N–H and O–H groups in total. The highest BCUT2D eigenvalue weighted by Crippen LogP contribution is 2.01. The Morgan fingerprint density at radius 3 is 2.53 bits per heavy atom. The smallest absolute Gasteiger partial charge is 0.226 e. The van der Waals surface area contributed by atoms with Crippen LogP contribution in [0.3, 0.4) is 0 Å². The Balaban J connectivity index is 2.28. The van der Waals surface area contributed by atoms with Gasteiger partial charge < -0.3 is 10.6 Å². The van der Waals surface area contributed by atoms with Gasteiger partial charge in [-0.2, -0.15) is 0 Å². The summed E-state index contributed by atoms with van der Waals surface area (Å²) in [7, 11) is 0. The van der Waals surface area contributed by atoms with Crippen molar-refractivity contribution in [2.24, 2.45) is 0 Å². The first-order valence-corrected chi connectivity index (χ1v) is 6.13. The van der Waals surface area contributed by atoms with E-state index in [0.29, 0.717) is 11.5 Å². The van der Waals surface area contributed by atoms with Crippen LogP contribution in [0.5, 0.6) is 0 Å². The summed E-state index contributed by atoms with van der Waals surface area (Å²) in [5.74, 6) is -0.0491. The lowest BCUT2D eigenvalue weighted by Gasteiger charge is -2.11. The maximum atomic E-state index is 11.6. The molecular weight excluding hydrogens is 232 g/mol. The van der Waals surface area contributed by atoms with E-state index < -0.39 is 0 Å². The molecule has 0 radical (unpaired) electrons. The van der Waals surface area contributed by atoms with Crippen LogP contribution in [0, 0.1) is 0 Å². The molecule has 0 aliphatic rings. The third-order valence-electron chi connectivity index (χ3n) is 2.16. The molecule has 0 aliphatic carbocycles. The van der Waals surface area contributed by atoms with Crippen molar-refractivity contribution < 1.29 is 4.79 Å². The molecule has 1 aromatic rings. The van der Waals surface area contributed by atoms with Crippen molar-refractivity contribution in [3.63, 3.8) is 0 Å². The second-order valence-electron chi connectivity index (χ2n) is 4.16. The molecule has 0 unspecified atom stereocenters. The van der Waals surface area contributed by atoms with Crippen molar-refractivity contribution in [3.8, 4) is 0 Å². The Hall–Kier alpha value is -1.42. The molecule has 0 fully saturated rings. The zero-order valence-corrected chi connectivity index (χ0v) is 11.0. The van der Waals surface area contributed by atoms with Crippen LogP contribution < -0.4 is 10.6 Å². The largest absolute Gasteiger partial charge is 0.360 e. The molecule has 0 spiro atoms. The molecule has 92 valence electrons. The first-order chi connectivity index (χ1) is 8.08. The highest BCUT2D eigenvalue weighted by molar-refractivity contribution is 7.80. The number of thiocarbonyl (C=S) groups is 1. The number of hydrogen-bond acceptors (Lipinski definition) is 2. The molecule has 0 bridgehead atoms. The monoisotopic (exact) mass is 250 g/mol. The number of aryl methyl sites for hydroxylation is 1. The summed E-state index contributed by atoms with van der Waals surface area (Å²) in [5.41, 5.74) is 1.16. The molecule has 0 atom stereocenters. The Morgan fingerprint density at radius 2 is 1.94 bits per heavy atom. The van der Waals surface area contributed by atoms with Gasteiger partial charge in [-0.25, -0.2) is 0 Å². The van der Waals surface area contributed by atoms with Gasteiger partial charge in [-0.3, -0.25) is 4.79 Å². The molecule has 17 heavy (non-hydrogen) atoms. The summed E-state index contributed by atoms with van der Waals surface area (Å²) in [4.78, 5) is 11.6. The first-order valence-electron chi connectivity index (χ1n) is 5.72. The maximum Gasteiger partial charge on any atom is 0.226 e. The lowest BCUT2D eigenvalue weighted by molar-refractivity contribution is -0.119. The summed E-state index contributed by atoms with van der Waals surface area (Å²) in [6, 6.07) is 10.2. The first kappa shape index (κ1) is 13.6. The molecule has 0 saturated carbocycles. The third-order valence-corrected chi connectivity index (χ3v) is 2.38. The van der Waals surface area contributed by atoms with E-state index in [0.717, 1.165) is 12.0 Å². The standard InChI is InChI=1S/C13H18N2OS/c1-10(2)14-13(17)15-12(16)9-8-11-6-4-3-5-7-11/h3-7,10H,8-9H2,1-2H3,(H2,14,15,16,17). The number of benzene rings is 1. The molecular formula is C13H18N2OS. The van der Waals surface area contributed by atoms with Crippen LogP contribution >= 0.6 is 12.2 Å². The summed E-state index contributed by atoms with van der Waals surface area (Å²) >= 11 is 4.99. The van der Waals surface area contributed by atoms with Crippen LogP contribution in [0.1, 0.15) is 25.8 Å². The zero-order chi connectivity index (χ0) is 12.7. The SMILES string of the molecule is CC(C)NC(=S)NC(=O)CCc1ccccc1. The van der Waals surface area contributed by atoms with Gasteiger partial charge in [-0.05, 0) is 38.0 Å². The predicted molar refractivity (Wildman–Crippen MR) is 73.8 cm³/mol. The molecule has 0 heterocycles. The molecule has 1 aromatic carbocycles. The van der Waals surface area contributed by atoms with E-state index in [4.69, 9.17) is 12.2 Å². The molecule has 0 aliphatic heterocycles. The molecule has 3 nitrogen and oxygen atoms in total. The van der Waals surface area contributed by atoms with Gasteiger partial charge in [0.1, 0.15) is 0 Å². The zero-order valence-electron chi connectivity index (χ0n) is 10.2. The third kappa shape index (κ3) is 6.02. The van der Waals surface area contributed by atoms with E-state index >= 15 is 0 Å². The minimum atomic E-state index is -0.0491. The number of carbonyl (C=O) groups excluding carboxylic acids is 1. The maximum absolute atomic E-state index is 11.6. The van der Waals surface area contributed by atoms with Gasteiger partial charge in [0.25, 0.3) is 0 Å². The summed E-state index contributed by atoms with van der Waals surface area (Å²) in [6.45, 7) is 3.95. The van der Waals surface area contributed by atoms with Crippen molar-refractivity contribution in [1.29, 1.82) is 0 Å². The molecule has 4 heteroatoms. The quantitative estimate of drug-likeness (QED) is 0.803. The molecule has 1 rings (SSSR count). The van der Waals surface area contributed by atoms with Crippen LogP contribution in [0.15, 0.2) is 30.3 Å². The molecule has 0 aromatic heterocycles. The molecule has 1 amide bonds. The Morgan fingerprint density at radius 1 is 1.29 bits per heavy atom.